The molecule has 0 aliphatic rings. The normalized spacial score (nSPS) is 12.8. The molecule has 0 N–H and O–H groups in total. The van der Waals surface area contributed by atoms with Crippen LogP contribution >= 0.6 is 0 Å². The average Bonchev–Trinajstić information content (AvgIpc) is 3.05. The lowest BCUT2D eigenvalue weighted by molar-refractivity contribution is -0.167. The van der Waals surface area contributed by atoms with Gasteiger partial charge in [-0.15, -0.1) is 0 Å². The maximum Gasteiger partial charge on any atom is 0.306 e. The van der Waals surface area contributed by atoms with Gasteiger partial charge in [0.2, 0.25) is 0 Å². The van der Waals surface area contributed by atoms with Crippen molar-refractivity contribution in [2.45, 2.75) is 221 Å². The molecule has 0 heterocycles. The second-order valence-electron chi connectivity index (χ2n) is 15.5. The first-order valence-corrected chi connectivity index (χ1v) is 20.6. The van der Waals surface area contributed by atoms with Crippen molar-refractivity contribution < 1.29 is 28.6 Å². The Morgan fingerprint density at radius 1 is 0.417 bits per heavy atom. The van der Waals surface area contributed by atoms with Gasteiger partial charge in [0.15, 0.2) is 6.10 Å². The van der Waals surface area contributed by atoms with Gasteiger partial charge in [-0.3, -0.25) is 14.4 Å². The number of hydrogen-bond acceptors (Lipinski definition) is 6. The fourth-order valence-corrected chi connectivity index (χ4v) is 5.96. The molecule has 0 aliphatic carbocycles. The Kier molecular flexibility index (Phi) is 32.8. The number of carbonyl (C=O) groups excluding carboxylic acids is 3. The van der Waals surface area contributed by atoms with Gasteiger partial charge in [0.25, 0.3) is 0 Å². The highest BCUT2D eigenvalue weighted by Crippen LogP contribution is 2.16. The molecule has 0 aromatic carbocycles. The van der Waals surface area contributed by atoms with Crippen molar-refractivity contribution in [1.82, 2.24) is 0 Å². The third-order valence-corrected chi connectivity index (χ3v) is 9.51. The molecule has 1 unspecified atom stereocenters. The predicted molar refractivity (Wildman–Crippen MR) is 201 cm³/mol. The second kappa shape index (κ2) is 33.9. The van der Waals surface area contributed by atoms with Gasteiger partial charge in [-0.05, 0) is 37.0 Å². The lowest BCUT2D eigenvalue weighted by Gasteiger charge is -2.18. The zero-order chi connectivity index (χ0) is 35.7. The van der Waals surface area contributed by atoms with Gasteiger partial charge in [-0.25, -0.2) is 0 Å². The van der Waals surface area contributed by atoms with Gasteiger partial charge >= 0.3 is 17.9 Å². The molecule has 284 valence electrons. The summed E-state index contributed by atoms with van der Waals surface area (Å²) in [6, 6.07) is 0. The number of unbranched alkanes of at least 4 members (excludes halogenated alkanes) is 17. The molecule has 0 spiro atoms. The number of ether oxygens (including phenoxy) is 3. The highest BCUT2D eigenvalue weighted by molar-refractivity contribution is 5.71. The first kappa shape index (κ1) is 46.4. The minimum atomic E-state index is -0.761. The summed E-state index contributed by atoms with van der Waals surface area (Å²) in [6.45, 7) is 13.5. The summed E-state index contributed by atoms with van der Waals surface area (Å²) in [5.74, 6) is 1.49. The quantitative estimate of drug-likeness (QED) is 0.0376. The lowest BCUT2D eigenvalue weighted by Crippen LogP contribution is -2.30. The van der Waals surface area contributed by atoms with Crippen molar-refractivity contribution in [2.24, 2.45) is 17.8 Å². The number of esters is 3. The average molecular weight is 681 g/mol. The Hall–Kier alpha value is -1.59. The van der Waals surface area contributed by atoms with Crippen LogP contribution in [0.25, 0.3) is 0 Å². The first-order valence-electron chi connectivity index (χ1n) is 20.6. The monoisotopic (exact) mass is 681 g/mol. The molecule has 0 fully saturated rings. The van der Waals surface area contributed by atoms with Crippen LogP contribution in [0.1, 0.15) is 215 Å². The number of hydrogen-bond donors (Lipinski definition) is 0. The molecule has 2 atom stereocenters. The molecule has 0 saturated heterocycles. The molecule has 0 radical (unpaired) electrons. The minimum absolute atomic E-state index is 0.0687. The van der Waals surface area contributed by atoms with Crippen LogP contribution in [0.4, 0.5) is 0 Å². The van der Waals surface area contributed by atoms with E-state index in [1.54, 1.807) is 0 Å². The van der Waals surface area contributed by atoms with Crippen LogP contribution in [0.2, 0.25) is 0 Å². The van der Waals surface area contributed by atoms with E-state index in [9.17, 15) is 14.4 Å². The molecule has 0 bridgehead atoms. The van der Waals surface area contributed by atoms with Crippen molar-refractivity contribution in [3.05, 3.63) is 0 Å². The van der Waals surface area contributed by atoms with Gasteiger partial charge in [-0.1, -0.05) is 176 Å². The summed E-state index contributed by atoms with van der Waals surface area (Å²) in [5.41, 5.74) is 0. The maximum atomic E-state index is 12.6. The molecular formula is C42H80O6. The zero-order valence-corrected chi connectivity index (χ0v) is 32.8. The Morgan fingerprint density at radius 2 is 0.729 bits per heavy atom. The smallest absolute Gasteiger partial charge is 0.306 e. The van der Waals surface area contributed by atoms with E-state index < -0.39 is 6.10 Å². The summed E-state index contributed by atoms with van der Waals surface area (Å²) in [7, 11) is 0. The molecule has 48 heavy (non-hydrogen) atoms. The zero-order valence-electron chi connectivity index (χ0n) is 32.8. The van der Waals surface area contributed by atoms with Crippen molar-refractivity contribution in [2.75, 3.05) is 13.2 Å². The standard InChI is InChI=1S/C42H80O6/c1-7-38(6)30-24-18-13-15-20-26-32-41(44)47-35-39(48-42(45)33-27-21-14-12-17-23-29-37(4)5)34-46-40(43)31-25-19-11-9-8-10-16-22-28-36(2)3/h36-39H,7-35H2,1-6H3/t38?,39-/m1/s1. The van der Waals surface area contributed by atoms with E-state index in [-0.39, 0.29) is 31.1 Å². The largest absolute Gasteiger partial charge is 0.462 e. The molecule has 0 aromatic heterocycles. The van der Waals surface area contributed by atoms with Crippen LogP contribution in [-0.2, 0) is 28.6 Å². The van der Waals surface area contributed by atoms with E-state index in [2.05, 4.69) is 41.5 Å². The van der Waals surface area contributed by atoms with Crippen LogP contribution in [-0.4, -0.2) is 37.2 Å². The fraction of sp³-hybridized carbons (Fsp3) is 0.929. The summed E-state index contributed by atoms with van der Waals surface area (Å²) in [6.07, 6.45) is 28.2. The Morgan fingerprint density at radius 3 is 1.08 bits per heavy atom. The molecule has 0 saturated carbocycles. The second-order valence-corrected chi connectivity index (χ2v) is 15.5. The van der Waals surface area contributed by atoms with Crippen LogP contribution in [0.15, 0.2) is 0 Å². The van der Waals surface area contributed by atoms with E-state index in [4.69, 9.17) is 14.2 Å². The van der Waals surface area contributed by atoms with E-state index >= 15 is 0 Å². The Labute approximate surface area is 298 Å². The number of carbonyl (C=O) groups is 3. The lowest BCUT2D eigenvalue weighted by atomic mass is 10.00. The number of rotatable bonds is 35. The van der Waals surface area contributed by atoms with Crippen LogP contribution < -0.4 is 0 Å². The van der Waals surface area contributed by atoms with E-state index in [0.717, 1.165) is 75.5 Å². The molecule has 0 rings (SSSR count). The van der Waals surface area contributed by atoms with Gasteiger partial charge in [-0.2, -0.15) is 0 Å². The summed E-state index contributed by atoms with van der Waals surface area (Å²) < 4.78 is 16.6. The molecule has 6 nitrogen and oxygen atoms in total. The van der Waals surface area contributed by atoms with E-state index in [1.807, 2.05) is 0 Å². The third kappa shape index (κ3) is 34.3. The van der Waals surface area contributed by atoms with Gasteiger partial charge in [0, 0.05) is 19.3 Å². The van der Waals surface area contributed by atoms with Crippen molar-refractivity contribution in [3.63, 3.8) is 0 Å². The summed E-state index contributed by atoms with van der Waals surface area (Å²) >= 11 is 0. The Bertz CT molecular complexity index is 748. The van der Waals surface area contributed by atoms with Gasteiger partial charge in [0.05, 0.1) is 0 Å². The Balaban J connectivity index is 4.37. The molecule has 0 amide bonds. The summed E-state index contributed by atoms with van der Waals surface area (Å²) in [4.78, 5) is 37.5. The maximum absolute atomic E-state index is 12.6. The van der Waals surface area contributed by atoms with Crippen LogP contribution in [0.3, 0.4) is 0 Å². The third-order valence-electron chi connectivity index (χ3n) is 9.51. The molecule has 0 aromatic rings. The summed E-state index contributed by atoms with van der Waals surface area (Å²) in [5, 5.41) is 0. The highest BCUT2D eigenvalue weighted by Gasteiger charge is 2.19. The highest BCUT2D eigenvalue weighted by atomic mass is 16.6. The van der Waals surface area contributed by atoms with Crippen LogP contribution in [0.5, 0.6) is 0 Å². The van der Waals surface area contributed by atoms with Gasteiger partial charge < -0.3 is 14.2 Å². The molecule has 0 aliphatic heterocycles. The predicted octanol–water partition coefficient (Wildman–Crippen LogP) is 12.5. The van der Waals surface area contributed by atoms with Gasteiger partial charge in [0.1, 0.15) is 13.2 Å². The van der Waals surface area contributed by atoms with Crippen LogP contribution in [0, 0.1) is 17.8 Å². The SMILES string of the molecule is CCC(C)CCCCCCCCC(=O)OC[C@@H](COC(=O)CCCCCCCCCCC(C)C)OC(=O)CCCCCCCCC(C)C. The van der Waals surface area contributed by atoms with Crippen molar-refractivity contribution in [3.8, 4) is 0 Å². The molecular weight excluding hydrogens is 600 g/mol. The van der Waals surface area contributed by atoms with E-state index in [1.165, 1.54) is 96.3 Å². The van der Waals surface area contributed by atoms with Crippen molar-refractivity contribution in [1.29, 1.82) is 0 Å². The fourth-order valence-electron chi connectivity index (χ4n) is 5.96. The first-order chi connectivity index (χ1) is 23.1. The topological polar surface area (TPSA) is 78.9 Å². The van der Waals surface area contributed by atoms with Crippen molar-refractivity contribution >= 4 is 17.9 Å². The van der Waals surface area contributed by atoms with E-state index in [0.29, 0.717) is 19.3 Å². The molecule has 6 heteroatoms. The minimum Gasteiger partial charge on any atom is -0.462 e.